The number of hydrogen-bond donors (Lipinski definition) is 1. The number of aromatic nitrogens is 2. The Bertz CT molecular complexity index is 568. The third-order valence-corrected chi connectivity index (χ3v) is 3.48. The first-order valence-electron chi connectivity index (χ1n) is 6.76. The van der Waals surface area contributed by atoms with Crippen molar-refractivity contribution in [1.29, 1.82) is 0 Å². The molecule has 0 bridgehead atoms. The van der Waals surface area contributed by atoms with E-state index in [0.717, 1.165) is 30.5 Å². The minimum absolute atomic E-state index is 0.158. The molecule has 0 radical (unpaired) electrons. The lowest BCUT2D eigenvalue weighted by Gasteiger charge is -2.17. The average molecular weight is 296 g/mol. The van der Waals surface area contributed by atoms with Crippen molar-refractivity contribution in [2.45, 2.75) is 25.8 Å². The van der Waals surface area contributed by atoms with Gasteiger partial charge in [-0.05, 0) is 37.1 Å². The molecule has 1 atom stereocenters. The van der Waals surface area contributed by atoms with Crippen LogP contribution in [0.5, 0.6) is 0 Å². The van der Waals surface area contributed by atoms with Gasteiger partial charge in [-0.2, -0.15) is 5.10 Å². The predicted molar refractivity (Wildman–Crippen MR) is 79.4 cm³/mol. The van der Waals surface area contributed by atoms with E-state index in [1.54, 1.807) is 16.8 Å². The Kier molecular flexibility index (Phi) is 5.15. The molecule has 20 heavy (non-hydrogen) atoms. The smallest absolute Gasteiger partial charge is 0.141 e. The zero-order chi connectivity index (χ0) is 14.5. The first-order valence-corrected chi connectivity index (χ1v) is 7.13. The molecule has 2 rings (SSSR count). The van der Waals surface area contributed by atoms with E-state index in [0.29, 0.717) is 0 Å². The van der Waals surface area contributed by atoms with Gasteiger partial charge in [0.2, 0.25) is 0 Å². The van der Waals surface area contributed by atoms with Gasteiger partial charge in [-0.1, -0.05) is 24.6 Å². The number of benzene rings is 1. The predicted octanol–water partition coefficient (Wildman–Crippen LogP) is 3.50. The highest BCUT2D eigenvalue weighted by Crippen LogP contribution is 2.22. The Hall–Kier alpha value is -1.39. The molecule has 1 aromatic heterocycles. The van der Waals surface area contributed by atoms with Gasteiger partial charge in [0.25, 0.3) is 0 Å². The Morgan fingerprint density at radius 3 is 2.85 bits per heavy atom. The fourth-order valence-electron chi connectivity index (χ4n) is 2.15. The molecule has 0 spiro atoms. The van der Waals surface area contributed by atoms with E-state index in [-0.39, 0.29) is 16.9 Å². The van der Waals surface area contributed by atoms with Crippen molar-refractivity contribution in [3.63, 3.8) is 0 Å². The van der Waals surface area contributed by atoms with Crippen molar-refractivity contribution in [2.75, 3.05) is 6.54 Å². The van der Waals surface area contributed by atoms with Gasteiger partial charge >= 0.3 is 0 Å². The molecule has 0 amide bonds. The average Bonchev–Trinajstić information content (AvgIpc) is 2.85. The van der Waals surface area contributed by atoms with Crippen LogP contribution in [0.1, 0.15) is 30.5 Å². The maximum absolute atomic E-state index is 13.2. The minimum atomic E-state index is -0.380. The van der Waals surface area contributed by atoms with Crippen LogP contribution in [0.4, 0.5) is 4.39 Å². The summed E-state index contributed by atoms with van der Waals surface area (Å²) >= 11 is 5.84. The van der Waals surface area contributed by atoms with Crippen LogP contribution in [0, 0.1) is 5.82 Å². The molecule has 1 N–H and O–H groups in total. The summed E-state index contributed by atoms with van der Waals surface area (Å²) in [5.41, 5.74) is 2.13. The summed E-state index contributed by atoms with van der Waals surface area (Å²) < 4.78 is 15.0. The summed E-state index contributed by atoms with van der Waals surface area (Å²) in [5.74, 6) is -0.380. The van der Waals surface area contributed by atoms with Crippen LogP contribution < -0.4 is 5.32 Å². The summed E-state index contributed by atoms with van der Waals surface area (Å²) in [5, 5.41) is 7.87. The zero-order valence-electron chi connectivity index (χ0n) is 11.7. The number of rotatable bonds is 6. The quantitative estimate of drug-likeness (QED) is 0.884. The van der Waals surface area contributed by atoms with Crippen LogP contribution >= 0.6 is 11.6 Å². The van der Waals surface area contributed by atoms with Crippen molar-refractivity contribution in [2.24, 2.45) is 7.05 Å². The maximum atomic E-state index is 13.2. The maximum Gasteiger partial charge on any atom is 0.141 e. The minimum Gasteiger partial charge on any atom is -0.310 e. The first-order chi connectivity index (χ1) is 9.60. The lowest BCUT2D eigenvalue weighted by atomic mass is 10.0. The fraction of sp³-hybridized carbons (Fsp3) is 0.400. The van der Waals surface area contributed by atoms with E-state index in [1.807, 2.05) is 19.4 Å². The van der Waals surface area contributed by atoms with Crippen molar-refractivity contribution in [3.05, 3.63) is 52.6 Å². The highest BCUT2D eigenvalue weighted by atomic mass is 35.5. The van der Waals surface area contributed by atoms with Gasteiger partial charge in [-0.25, -0.2) is 4.39 Å². The van der Waals surface area contributed by atoms with Crippen LogP contribution in [0.25, 0.3) is 0 Å². The van der Waals surface area contributed by atoms with Gasteiger partial charge in [0.05, 0.1) is 11.2 Å². The summed E-state index contributed by atoms with van der Waals surface area (Å²) in [7, 11) is 1.90. The summed E-state index contributed by atoms with van der Waals surface area (Å²) in [4.78, 5) is 0. The van der Waals surface area contributed by atoms with Gasteiger partial charge in [-0.15, -0.1) is 0 Å². The van der Waals surface area contributed by atoms with Crippen molar-refractivity contribution in [3.8, 4) is 0 Å². The normalized spacial score (nSPS) is 12.6. The van der Waals surface area contributed by atoms with Gasteiger partial charge in [0.1, 0.15) is 5.82 Å². The van der Waals surface area contributed by atoms with E-state index in [1.165, 1.54) is 6.07 Å². The van der Waals surface area contributed by atoms with Gasteiger partial charge < -0.3 is 5.32 Å². The van der Waals surface area contributed by atoms with Crippen molar-refractivity contribution >= 4 is 11.6 Å². The van der Waals surface area contributed by atoms with Crippen LogP contribution in [0.2, 0.25) is 5.02 Å². The van der Waals surface area contributed by atoms with Crippen molar-refractivity contribution in [1.82, 2.24) is 15.1 Å². The summed E-state index contributed by atoms with van der Waals surface area (Å²) in [6, 6.07) is 5.04. The molecule has 1 unspecified atom stereocenters. The van der Waals surface area contributed by atoms with E-state index >= 15 is 0 Å². The van der Waals surface area contributed by atoms with Gasteiger partial charge in [0.15, 0.2) is 0 Å². The van der Waals surface area contributed by atoms with Crippen LogP contribution in [0.15, 0.2) is 30.6 Å². The Morgan fingerprint density at radius 2 is 2.25 bits per heavy atom. The van der Waals surface area contributed by atoms with E-state index in [2.05, 4.69) is 17.3 Å². The monoisotopic (exact) mass is 295 g/mol. The second-order valence-electron chi connectivity index (χ2n) is 4.91. The zero-order valence-corrected chi connectivity index (χ0v) is 12.5. The number of nitrogens with one attached hydrogen (secondary N) is 1. The van der Waals surface area contributed by atoms with Crippen molar-refractivity contribution < 1.29 is 4.39 Å². The van der Waals surface area contributed by atoms with Gasteiger partial charge in [0, 0.05) is 24.8 Å². The number of hydrogen-bond acceptors (Lipinski definition) is 2. The van der Waals surface area contributed by atoms with E-state index in [4.69, 9.17) is 11.6 Å². The Labute approximate surface area is 123 Å². The molecule has 5 heteroatoms. The molecule has 0 saturated heterocycles. The van der Waals surface area contributed by atoms with E-state index in [9.17, 15) is 4.39 Å². The number of halogens is 2. The Morgan fingerprint density at radius 1 is 1.45 bits per heavy atom. The molecule has 3 nitrogen and oxygen atoms in total. The lowest BCUT2D eigenvalue weighted by Crippen LogP contribution is -2.23. The molecule has 0 fully saturated rings. The summed E-state index contributed by atoms with van der Waals surface area (Å²) in [6.07, 6.45) is 5.67. The van der Waals surface area contributed by atoms with Gasteiger partial charge in [-0.3, -0.25) is 4.68 Å². The van der Waals surface area contributed by atoms with Crippen LogP contribution in [0.3, 0.4) is 0 Å². The molecular formula is C15H19ClFN3. The highest BCUT2D eigenvalue weighted by Gasteiger charge is 2.14. The molecule has 0 saturated carbocycles. The highest BCUT2D eigenvalue weighted by molar-refractivity contribution is 6.30. The number of nitrogens with zero attached hydrogens (tertiary/aromatic N) is 2. The second-order valence-corrected chi connectivity index (χ2v) is 5.31. The standard InChI is InChI=1S/C15H19ClFN3/c1-3-6-18-15(12-9-19-20(2)10-12)8-11-4-5-14(17)13(16)7-11/h4-5,7,9-10,15,18H,3,6,8H2,1-2H3. The summed E-state index contributed by atoms with van der Waals surface area (Å²) in [6.45, 7) is 3.05. The molecule has 2 aromatic rings. The molecule has 0 aliphatic carbocycles. The molecular weight excluding hydrogens is 277 g/mol. The SMILES string of the molecule is CCCNC(Cc1ccc(F)c(Cl)c1)c1cnn(C)c1. The number of aryl methyl sites for hydroxylation is 1. The molecule has 0 aliphatic heterocycles. The largest absolute Gasteiger partial charge is 0.310 e. The molecule has 1 heterocycles. The Balaban J connectivity index is 2.16. The van der Waals surface area contributed by atoms with Crippen LogP contribution in [-0.4, -0.2) is 16.3 Å². The molecule has 1 aromatic carbocycles. The van der Waals surface area contributed by atoms with E-state index < -0.39 is 0 Å². The lowest BCUT2D eigenvalue weighted by molar-refractivity contribution is 0.528. The van der Waals surface area contributed by atoms with Crippen LogP contribution in [-0.2, 0) is 13.5 Å². The first kappa shape index (κ1) is 15.0. The molecule has 108 valence electrons. The third-order valence-electron chi connectivity index (χ3n) is 3.19. The topological polar surface area (TPSA) is 29.9 Å². The third kappa shape index (κ3) is 3.81. The fourth-order valence-corrected chi connectivity index (χ4v) is 2.35. The molecule has 0 aliphatic rings. The second kappa shape index (κ2) is 6.86.